The zero-order valence-corrected chi connectivity index (χ0v) is 22.2. The van der Waals surface area contributed by atoms with Gasteiger partial charge in [-0.15, -0.1) is 0 Å². The Hall–Kier alpha value is -3.27. The highest BCUT2D eigenvalue weighted by Crippen LogP contribution is 2.38. The average Bonchev–Trinajstić information content (AvgIpc) is 2.85. The number of aryl methyl sites for hydroxylation is 1. The zero-order chi connectivity index (χ0) is 28.1. The van der Waals surface area contributed by atoms with E-state index in [4.69, 9.17) is 21.2 Å². The van der Waals surface area contributed by atoms with E-state index in [0.717, 1.165) is 38.1 Å². The van der Waals surface area contributed by atoms with Gasteiger partial charge in [-0.1, -0.05) is 30.7 Å². The lowest BCUT2D eigenvalue weighted by molar-refractivity contribution is -0.191. The monoisotopic (exact) mass is 567 g/mol. The minimum atomic E-state index is -4.67. The molecule has 0 spiro atoms. The molecule has 7 nitrogen and oxygen atoms in total. The summed E-state index contributed by atoms with van der Waals surface area (Å²) >= 11 is 6.03. The van der Waals surface area contributed by atoms with Gasteiger partial charge in [0.25, 0.3) is 0 Å². The second-order valence-electron chi connectivity index (χ2n) is 9.03. The van der Waals surface area contributed by atoms with Crippen LogP contribution in [-0.4, -0.2) is 37.6 Å². The highest BCUT2D eigenvalue weighted by molar-refractivity contribution is 7.90. The van der Waals surface area contributed by atoms with E-state index in [-0.39, 0.29) is 33.2 Å². The Kier molecular flexibility index (Phi) is 9.30. The summed E-state index contributed by atoms with van der Waals surface area (Å²) in [6, 6.07) is 11.3. The smallest absolute Gasteiger partial charge is 0.356 e. The molecule has 0 amide bonds. The summed E-state index contributed by atoms with van der Waals surface area (Å²) < 4.78 is 67.6. The van der Waals surface area contributed by atoms with Crippen molar-refractivity contribution in [2.75, 3.05) is 18.0 Å². The molecule has 0 aliphatic carbocycles. The fraction of sp³-hybridized carbons (Fsp3) is 0.346. The van der Waals surface area contributed by atoms with Gasteiger partial charge in [0.2, 0.25) is 9.84 Å². The summed E-state index contributed by atoms with van der Waals surface area (Å²) in [5.74, 6) is 0.480. The average molecular weight is 568 g/mol. The summed E-state index contributed by atoms with van der Waals surface area (Å²) in [7, 11) is -3.96. The van der Waals surface area contributed by atoms with Crippen LogP contribution < -0.4 is 4.90 Å². The van der Waals surface area contributed by atoms with Crippen molar-refractivity contribution in [3.05, 3.63) is 70.4 Å². The third kappa shape index (κ3) is 7.18. The van der Waals surface area contributed by atoms with E-state index in [2.05, 4.69) is 21.8 Å². The van der Waals surface area contributed by atoms with Gasteiger partial charge in [0.15, 0.2) is 5.03 Å². The number of halogens is 4. The Morgan fingerprint density at radius 3 is 2.47 bits per heavy atom. The Labute approximate surface area is 223 Å². The maximum atomic E-state index is 13.7. The van der Waals surface area contributed by atoms with Gasteiger partial charge in [-0.25, -0.2) is 13.4 Å². The van der Waals surface area contributed by atoms with Crippen LogP contribution in [0.5, 0.6) is 0 Å². The highest BCUT2D eigenvalue weighted by atomic mass is 35.5. The van der Waals surface area contributed by atoms with Crippen molar-refractivity contribution in [1.29, 1.82) is 0 Å². The minimum absolute atomic E-state index is 0.00817. The molecule has 3 heterocycles. The molecule has 2 aromatic heterocycles. The van der Waals surface area contributed by atoms with Crippen molar-refractivity contribution in [3.63, 3.8) is 0 Å². The molecule has 0 saturated carbocycles. The maximum absolute atomic E-state index is 13.7. The molecule has 202 valence electrons. The molecule has 38 heavy (non-hydrogen) atoms. The number of pyridine rings is 2. The van der Waals surface area contributed by atoms with E-state index < -0.39 is 27.3 Å². The lowest BCUT2D eigenvalue weighted by Crippen LogP contribution is -2.35. The van der Waals surface area contributed by atoms with Crippen molar-refractivity contribution in [2.24, 2.45) is 5.92 Å². The number of carbonyl (C=O) groups excluding carboxylic acids is 2. The quantitative estimate of drug-likeness (QED) is 0.387. The highest BCUT2D eigenvalue weighted by Gasteiger charge is 2.35. The van der Waals surface area contributed by atoms with Gasteiger partial charge in [-0.05, 0) is 67.6 Å². The second kappa shape index (κ2) is 12.1. The SMILES string of the molecule is Cc1ccc(Cl)cc1-c1nc(CS(=O)(=O)c2cccc(N3CCC[C@H](C)C3)n2)ccc1C(F)(F)F.O=C=O. The van der Waals surface area contributed by atoms with Gasteiger partial charge in [-0.3, -0.25) is 4.98 Å². The Morgan fingerprint density at radius 2 is 1.82 bits per heavy atom. The number of benzene rings is 1. The number of hydrogen-bond donors (Lipinski definition) is 0. The number of anilines is 1. The first kappa shape index (κ1) is 29.3. The molecule has 1 saturated heterocycles. The van der Waals surface area contributed by atoms with Crippen molar-refractivity contribution in [1.82, 2.24) is 9.97 Å². The molecule has 12 heteroatoms. The first-order valence-electron chi connectivity index (χ1n) is 11.6. The number of rotatable bonds is 5. The van der Waals surface area contributed by atoms with Crippen LogP contribution in [0.2, 0.25) is 5.02 Å². The predicted molar refractivity (Wildman–Crippen MR) is 135 cm³/mol. The predicted octanol–water partition coefficient (Wildman–Crippen LogP) is 5.75. The number of piperidine rings is 1. The van der Waals surface area contributed by atoms with Crippen molar-refractivity contribution in [3.8, 4) is 11.3 Å². The van der Waals surface area contributed by atoms with Crippen molar-refractivity contribution < 1.29 is 31.2 Å². The van der Waals surface area contributed by atoms with Crippen LogP contribution >= 0.6 is 11.6 Å². The van der Waals surface area contributed by atoms with E-state index in [1.54, 1.807) is 31.2 Å². The van der Waals surface area contributed by atoms with Gasteiger partial charge in [0, 0.05) is 23.7 Å². The van der Waals surface area contributed by atoms with Crippen LogP contribution in [0.25, 0.3) is 11.3 Å². The van der Waals surface area contributed by atoms with Crippen LogP contribution in [0.4, 0.5) is 19.0 Å². The first-order chi connectivity index (χ1) is 17.9. The van der Waals surface area contributed by atoms with E-state index in [0.29, 0.717) is 17.3 Å². The van der Waals surface area contributed by atoms with Gasteiger partial charge in [0.05, 0.1) is 22.7 Å². The molecule has 1 aliphatic heterocycles. The summed E-state index contributed by atoms with van der Waals surface area (Å²) in [4.78, 5) is 26.8. The van der Waals surface area contributed by atoms with Gasteiger partial charge in [0.1, 0.15) is 5.82 Å². The molecule has 1 fully saturated rings. The molecule has 3 aromatic rings. The minimum Gasteiger partial charge on any atom is -0.356 e. The number of sulfone groups is 1. The summed E-state index contributed by atoms with van der Waals surface area (Å²) in [6.45, 7) is 5.37. The topological polar surface area (TPSA) is 97.3 Å². The van der Waals surface area contributed by atoms with Crippen molar-refractivity contribution in [2.45, 2.75) is 43.6 Å². The molecular formula is C26H25ClF3N3O4S. The van der Waals surface area contributed by atoms with Crippen LogP contribution in [-0.2, 0) is 31.4 Å². The molecule has 4 rings (SSSR count). The van der Waals surface area contributed by atoms with Gasteiger partial charge in [-0.2, -0.15) is 22.8 Å². The first-order valence-corrected chi connectivity index (χ1v) is 13.7. The summed E-state index contributed by atoms with van der Waals surface area (Å²) in [5.41, 5.74) is -0.579. The molecule has 0 N–H and O–H groups in total. The van der Waals surface area contributed by atoms with Gasteiger partial charge < -0.3 is 4.90 Å². The Bertz CT molecular complexity index is 1440. The maximum Gasteiger partial charge on any atom is 0.418 e. The van der Waals surface area contributed by atoms with Crippen LogP contribution in [0.15, 0.2) is 53.6 Å². The molecule has 1 aromatic carbocycles. The third-order valence-electron chi connectivity index (χ3n) is 6.06. The van der Waals surface area contributed by atoms with Gasteiger partial charge >= 0.3 is 12.3 Å². The lowest BCUT2D eigenvalue weighted by Gasteiger charge is -2.32. The standard InChI is InChI=1S/C25H25ClF3N3O2S.CO2/c1-16-5-4-12-32(14-16)22-6-3-7-23(31-22)35(33,34)15-19-10-11-21(25(27,28)29)24(30-19)20-13-18(26)9-8-17(20)2;2-1-3/h3,6-11,13,16H,4-5,12,14-15H2,1-2H3;/t16-;/m0./s1. The van der Waals surface area contributed by atoms with Crippen LogP contribution in [0, 0.1) is 12.8 Å². The summed E-state index contributed by atoms with van der Waals surface area (Å²) in [5, 5.41) is 0.127. The molecule has 1 aliphatic rings. The van der Waals surface area contributed by atoms with E-state index >= 15 is 0 Å². The number of alkyl halides is 3. The Morgan fingerprint density at radius 1 is 1.11 bits per heavy atom. The Balaban J connectivity index is 0.00000127. The molecular weight excluding hydrogens is 543 g/mol. The van der Waals surface area contributed by atoms with E-state index in [1.165, 1.54) is 12.1 Å². The fourth-order valence-corrected chi connectivity index (χ4v) is 5.67. The number of hydrogen-bond acceptors (Lipinski definition) is 7. The largest absolute Gasteiger partial charge is 0.418 e. The van der Waals surface area contributed by atoms with E-state index in [9.17, 15) is 21.6 Å². The molecule has 0 radical (unpaired) electrons. The van der Waals surface area contributed by atoms with E-state index in [1.807, 2.05) is 0 Å². The number of nitrogens with zero attached hydrogens (tertiary/aromatic N) is 3. The lowest BCUT2D eigenvalue weighted by atomic mass is 10.0. The van der Waals surface area contributed by atoms with Crippen molar-refractivity contribution >= 4 is 33.4 Å². The summed E-state index contributed by atoms with van der Waals surface area (Å²) in [6.07, 6.45) is -2.31. The van der Waals surface area contributed by atoms with Crippen LogP contribution in [0.1, 0.15) is 36.6 Å². The fourth-order valence-electron chi connectivity index (χ4n) is 4.28. The molecule has 1 atom stereocenters. The molecule has 0 bridgehead atoms. The third-order valence-corrected chi connectivity index (χ3v) is 7.84. The second-order valence-corrected chi connectivity index (χ2v) is 11.4. The molecule has 0 unspecified atom stereocenters. The zero-order valence-electron chi connectivity index (χ0n) is 20.6. The van der Waals surface area contributed by atoms with Crippen LogP contribution in [0.3, 0.4) is 0 Å². The number of aromatic nitrogens is 2. The normalized spacial score (nSPS) is 15.8.